The third-order valence-corrected chi connectivity index (χ3v) is 0.687. The summed E-state index contributed by atoms with van der Waals surface area (Å²) in [6.07, 6.45) is 0. The Balaban J connectivity index is 3.17. The molecule has 0 saturated carbocycles. The van der Waals surface area contributed by atoms with Crippen LogP contribution in [0.5, 0.6) is 0 Å². The molecule has 6 heteroatoms. The highest BCUT2D eigenvalue weighted by Crippen LogP contribution is 1.48. The summed E-state index contributed by atoms with van der Waals surface area (Å²) >= 11 is 0. The molecular weight excluding hydrogens is 110 g/mol. The third-order valence-electron chi connectivity index (χ3n) is 0.687. The van der Waals surface area contributed by atoms with Crippen molar-refractivity contribution in [2.45, 2.75) is 0 Å². The van der Waals surface area contributed by atoms with Crippen molar-refractivity contribution in [3.05, 3.63) is 0 Å². The van der Waals surface area contributed by atoms with Crippen LogP contribution in [0.25, 0.3) is 0 Å². The molecule has 0 bridgehead atoms. The molecule has 0 aliphatic heterocycles. The minimum atomic E-state index is 0.0417. The summed E-state index contributed by atoms with van der Waals surface area (Å²) in [5, 5.41) is 0. The van der Waals surface area contributed by atoms with Gasteiger partial charge in [0.25, 0.3) is 0 Å². The lowest BCUT2D eigenvalue weighted by Gasteiger charge is -1.95. The summed E-state index contributed by atoms with van der Waals surface area (Å²) in [7, 11) is 15.4. The number of hydrogen-bond donors (Lipinski definition) is 0. The highest BCUT2D eigenvalue weighted by atomic mass is 15.0. The van der Waals surface area contributed by atoms with Crippen LogP contribution in [-0.4, -0.2) is 38.5 Å². The van der Waals surface area contributed by atoms with Gasteiger partial charge in [0.05, 0.1) is 17.2 Å². The Morgan fingerprint density at radius 3 is 1.11 bits per heavy atom. The van der Waals surface area contributed by atoms with Gasteiger partial charge >= 0.3 is 0 Å². The van der Waals surface area contributed by atoms with Gasteiger partial charge in [0.2, 0.25) is 0 Å². The van der Waals surface area contributed by atoms with E-state index in [-0.39, 0.29) is 17.2 Å². The van der Waals surface area contributed by atoms with E-state index in [4.69, 9.17) is 23.5 Å². The van der Waals surface area contributed by atoms with Crippen LogP contribution in [0.1, 0.15) is 0 Å². The number of rotatable bonds is 0. The smallest absolute Gasteiger partial charge is 0.170 e. The molecule has 0 aromatic carbocycles. The second kappa shape index (κ2) is 2.21. The second-order valence-corrected chi connectivity index (χ2v) is 1.41. The first-order valence-electron chi connectivity index (χ1n) is 2.21. The lowest BCUT2D eigenvalue weighted by molar-refractivity contribution is 1.19. The molecule has 0 unspecified atom stereocenters. The Labute approximate surface area is 56.5 Å². The first kappa shape index (κ1) is 6.33. The highest BCUT2D eigenvalue weighted by Gasteiger charge is 1.90. The van der Waals surface area contributed by atoms with Gasteiger partial charge in [0.15, 0.2) is 23.5 Å². The Kier molecular flexibility index (Phi) is 1.55. The molecule has 0 amide bonds. The quantitative estimate of drug-likeness (QED) is 0.322. The van der Waals surface area contributed by atoms with Crippen molar-refractivity contribution in [2.24, 2.45) is 0 Å². The predicted molar refractivity (Wildman–Crippen MR) is 36.0 cm³/mol. The zero-order chi connectivity index (χ0) is 6.85. The molecule has 0 N–H and O–H groups in total. The average molecular weight is 110 g/mol. The van der Waals surface area contributed by atoms with Crippen molar-refractivity contribution in [1.82, 2.24) is 15.0 Å². The molecule has 0 aliphatic carbocycles. The summed E-state index contributed by atoms with van der Waals surface area (Å²) in [5.74, 6) is 0. The van der Waals surface area contributed by atoms with E-state index in [1.165, 1.54) is 0 Å². The minimum Gasteiger partial charge on any atom is -0.243 e. The zero-order valence-corrected chi connectivity index (χ0v) is 4.57. The first-order chi connectivity index (χ1) is 4.18. The number of nitrogens with zero attached hydrogens (tertiary/aromatic N) is 3. The lowest BCUT2D eigenvalue weighted by Crippen LogP contribution is -2.36. The van der Waals surface area contributed by atoms with Crippen LogP contribution in [-0.2, 0) is 0 Å². The Morgan fingerprint density at radius 1 is 0.667 bits per heavy atom. The highest BCUT2D eigenvalue weighted by molar-refractivity contribution is 6.36. The molecule has 0 fully saturated rings. The van der Waals surface area contributed by atoms with Crippen molar-refractivity contribution in [2.75, 3.05) is 0 Å². The van der Waals surface area contributed by atoms with Crippen molar-refractivity contribution in [3.8, 4) is 0 Å². The molecule has 3 nitrogen and oxygen atoms in total. The maximum atomic E-state index is 5.14. The number of aromatic nitrogens is 3. The molecule has 36 valence electrons. The van der Waals surface area contributed by atoms with Gasteiger partial charge in [-0.05, 0) is 0 Å². The summed E-state index contributed by atoms with van der Waals surface area (Å²) in [5.41, 5.74) is 0.125. The molecule has 0 atom stereocenters. The summed E-state index contributed by atoms with van der Waals surface area (Å²) in [4.78, 5) is 10.5. The van der Waals surface area contributed by atoms with Gasteiger partial charge in [-0.15, -0.1) is 0 Å². The van der Waals surface area contributed by atoms with Crippen LogP contribution in [0.15, 0.2) is 0 Å². The lowest BCUT2D eigenvalue weighted by atomic mass is 10.0. The molecule has 0 aliphatic rings. The van der Waals surface area contributed by atoms with E-state index in [1.54, 1.807) is 0 Å². The number of hydrogen-bond acceptors (Lipinski definition) is 3. The van der Waals surface area contributed by atoms with Crippen molar-refractivity contribution in [1.29, 1.82) is 0 Å². The van der Waals surface area contributed by atoms with Crippen molar-refractivity contribution in [3.63, 3.8) is 0 Å². The van der Waals surface area contributed by atoms with E-state index >= 15 is 0 Å². The van der Waals surface area contributed by atoms with Crippen molar-refractivity contribution >= 4 is 40.7 Å². The molecular formula is C3B3N3. The van der Waals surface area contributed by atoms with Gasteiger partial charge in [0.1, 0.15) is 0 Å². The minimum absolute atomic E-state index is 0.0417. The maximum absolute atomic E-state index is 5.14. The molecule has 0 saturated heterocycles. The van der Waals surface area contributed by atoms with Crippen LogP contribution in [0.3, 0.4) is 0 Å². The topological polar surface area (TPSA) is 38.7 Å². The Bertz CT molecular complexity index is 175. The van der Waals surface area contributed by atoms with E-state index in [1.807, 2.05) is 0 Å². The van der Waals surface area contributed by atoms with Crippen molar-refractivity contribution < 1.29 is 0 Å². The largest absolute Gasteiger partial charge is 0.243 e. The van der Waals surface area contributed by atoms with Crippen LogP contribution in [0, 0.1) is 0 Å². The SMILES string of the molecule is [B]c1nc([B])nc([B])n1. The molecule has 6 radical (unpaired) electrons. The second-order valence-electron chi connectivity index (χ2n) is 1.41. The molecule has 1 aromatic rings. The van der Waals surface area contributed by atoms with Gasteiger partial charge in [-0.25, -0.2) is 15.0 Å². The van der Waals surface area contributed by atoms with Gasteiger partial charge in [-0.1, -0.05) is 0 Å². The molecule has 1 rings (SSSR count). The van der Waals surface area contributed by atoms with Crippen LogP contribution in [0.2, 0.25) is 0 Å². The van der Waals surface area contributed by atoms with E-state index in [2.05, 4.69) is 15.0 Å². The van der Waals surface area contributed by atoms with E-state index in [0.29, 0.717) is 0 Å². The normalized spacial score (nSPS) is 9.33. The van der Waals surface area contributed by atoms with Gasteiger partial charge in [-0.2, -0.15) is 0 Å². The van der Waals surface area contributed by atoms with E-state index in [9.17, 15) is 0 Å². The molecule has 1 heterocycles. The van der Waals surface area contributed by atoms with Gasteiger partial charge in [-0.3, -0.25) is 0 Å². The molecule has 0 spiro atoms. The summed E-state index contributed by atoms with van der Waals surface area (Å²) in [6.45, 7) is 0. The monoisotopic (exact) mass is 111 g/mol. The fraction of sp³-hybridized carbons (Fsp3) is 0. The first-order valence-corrected chi connectivity index (χ1v) is 2.21. The van der Waals surface area contributed by atoms with Crippen LogP contribution in [0.4, 0.5) is 0 Å². The summed E-state index contributed by atoms with van der Waals surface area (Å²) < 4.78 is 0. The zero-order valence-electron chi connectivity index (χ0n) is 4.57. The average Bonchev–Trinajstić information content (AvgIpc) is 1.59. The predicted octanol–water partition coefficient (Wildman–Crippen LogP) is -3.75. The fourth-order valence-electron chi connectivity index (χ4n) is 0.427. The maximum Gasteiger partial charge on any atom is 0.170 e. The standard InChI is InChI=1S/C3B3N3/c4-1-7-2(5)9-3(6)8-1. The molecule has 9 heavy (non-hydrogen) atoms. The van der Waals surface area contributed by atoms with Crippen LogP contribution >= 0.6 is 0 Å². The Morgan fingerprint density at radius 2 is 0.889 bits per heavy atom. The Hall–Kier alpha value is -0.795. The van der Waals surface area contributed by atoms with Crippen LogP contribution < -0.4 is 17.2 Å². The fourth-order valence-corrected chi connectivity index (χ4v) is 0.427. The van der Waals surface area contributed by atoms with E-state index < -0.39 is 0 Å². The summed E-state index contributed by atoms with van der Waals surface area (Å²) in [6, 6.07) is 0. The van der Waals surface area contributed by atoms with Gasteiger partial charge < -0.3 is 0 Å². The third kappa shape index (κ3) is 1.55. The van der Waals surface area contributed by atoms with E-state index in [0.717, 1.165) is 0 Å². The van der Waals surface area contributed by atoms with Gasteiger partial charge in [0, 0.05) is 0 Å². The molecule has 1 aromatic heterocycles.